The Morgan fingerprint density at radius 1 is 1.03 bits per heavy atom. The zero-order valence-corrected chi connectivity index (χ0v) is 20.8. The molecule has 2 aromatic heterocycles. The number of methoxy groups -OCH3 is 1. The minimum absolute atomic E-state index is 0.141. The fraction of sp³-hybridized carbons (Fsp3) is 0.154. The van der Waals surface area contributed by atoms with Crippen molar-refractivity contribution in [1.29, 1.82) is 0 Å². The van der Waals surface area contributed by atoms with E-state index in [0.29, 0.717) is 22.8 Å². The van der Waals surface area contributed by atoms with Gasteiger partial charge in [-0.3, -0.25) is 4.57 Å². The molecule has 0 bridgehead atoms. The van der Waals surface area contributed by atoms with Crippen LogP contribution in [-0.4, -0.2) is 31.7 Å². The molecule has 0 saturated heterocycles. The summed E-state index contributed by atoms with van der Waals surface area (Å²) in [5, 5.41) is 11.3. The average molecular weight is 566 g/mol. The summed E-state index contributed by atoms with van der Waals surface area (Å²) >= 11 is 2.26. The average Bonchev–Trinajstić information content (AvgIpc) is 3.40. The highest BCUT2D eigenvalue weighted by Gasteiger charge is 2.31. The highest BCUT2D eigenvalue weighted by Crippen LogP contribution is 2.38. The summed E-state index contributed by atoms with van der Waals surface area (Å²) in [7, 11) is 1.59. The second kappa shape index (κ2) is 9.02. The van der Waals surface area contributed by atoms with Crippen molar-refractivity contribution in [2.45, 2.75) is 18.9 Å². The predicted octanol–water partition coefficient (Wildman–Crippen LogP) is 5.43. The standard InChI is InChI=1S/C26H23IN4O3/c1-15(16-6-4-3-5-7-16)23(24-28-20-13-10-18(27)14-21(20)29-24)31-25(32)22(30-26(31)33)17-8-11-19(34-2)12-9-17/h3-15,23,32H,1-2H3,(H,28,29)(H,30,33)/t15-,23-/m0/s1. The van der Waals surface area contributed by atoms with Gasteiger partial charge in [0.1, 0.15) is 23.3 Å². The van der Waals surface area contributed by atoms with Crippen molar-refractivity contribution in [1.82, 2.24) is 19.5 Å². The zero-order valence-electron chi connectivity index (χ0n) is 18.6. The number of ether oxygens (including phenoxy) is 1. The van der Waals surface area contributed by atoms with Crippen LogP contribution in [-0.2, 0) is 0 Å². The first-order valence-corrected chi connectivity index (χ1v) is 11.9. The molecule has 7 nitrogen and oxygen atoms in total. The number of nitrogens with zero attached hydrogens (tertiary/aromatic N) is 2. The van der Waals surface area contributed by atoms with E-state index in [-0.39, 0.29) is 11.8 Å². The number of aromatic amines is 2. The van der Waals surface area contributed by atoms with Crippen molar-refractivity contribution in [3.8, 4) is 22.9 Å². The van der Waals surface area contributed by atoms with Crippen LogP contribution in [0.4, 0.5) is 0 Å². The van der Waals surface area contributed by atoms with Crippen molar-refractivity contribution >= 4 is 33.6 Å². The largest absolute Gasteiger partial charge is 0.497 e. The van der Waals surface area contributed by atoms with E-state index in [0.717, 1.165) is 20.2 Å². The van der Waals surface area contributed by atoms with Crippen LogP contribution in [0.1, 0.15) is 30.3 Å². The lowest BCUT2D eigenvalue weighted by Gasteiger charge is -2.24. The van der Waals surface area contributed by atoms with E-state index in [1.165, 1.54) is 4.57 Å². The molecule has 0 aliphatic carbocycles. The maximum absolute atomic E-state index is 13.3. The number of fused-ring (bicyclic) bond motifs is 1. The van der Waals surface area contributed by atoms with Gasteiger partial charge in [0.25, 0.3) is 0 Å². The summed E-state index contributed by atoms with van der Waals surface area (Å²) in [5.74, 6) is 0.991. The Morgan fingerprint density at radius 3 is 2.47 bits per heavy atom. The Hall–Kier alpha value is -3.53. The molecule has 0 saturated carbocycles. The van der Waals surface area contributed by atoms with Gasteiger partial charge in [0.15, 0.2) is 0 Å². The van der Waals surface area contributed by atoms with Crippen molar-refractivity contribution < 1.29 is 9.84 Å². The first-order chi connectivity index (χ1) is 16.5. The van der Waals surface area contributed by atoms with Crippen LogP contribution in [0.5, 0.6) is 11.6 Å². The molecule has 3 aromatic carbocycles. The highest BCUT2D eigenvalue weighted by atomic mass is 127. The van der Waals surface area contributed by atoms with E-state index in [4.69, 9.17) is 9.72 Å². The fourth-order valence-electron chi connectivity index (χ4n) is 4.32. The number of imidazole rings is 2. The van der Waals surface area contributed by atoms with Crippen LogP contribution in [0, 0.1) is 3.57 Å². The second-order valence-corrected chi connectivity index (χ2v) is 9.40. The smallest absolute Gasteiger partial charge is 0.329 e. The molecule has 5 rings (SSSR count). The molecule has 3 N–H and O–H groups in total. The van der Waals surface area contributed by atoms with Crippen LogP contribution in [0.15, 0.2) is 77.6 Å². The van der Waals surface area contributed by atoms with E-state index in [9.17, 15) is 9.90 Å². The number of hydrogen-bond acceptors (Lipinski definition) is 4. The fourth-order valence-corrected chi connectivity index (χ4v) is 4.81. The third-order valence-electron chi connectivity index (χ3n) is 6.10. The maximum atomic E-state index is 13.3. The Labute approximate surface area is 209 Å². The van der Waals surface area contributed by atoms with Crippen LogP contribution >= 0.6 is 22.6 Å². The molecule has 0 unspecified atom stereocenters. The SMILES string of the molecule is COc1ccc(-c2[nH]c(=O)n([C@H](c3nc4ccc(I)cc4[nH]3)[C@@H](C)c3ccccc3)c2O)cc1. The van der Waals surface area contributed by atoms with Gasteiger partial charge in [-0.25, -0.2) is 9.78 Å². The van der Waals surface area contributed by atoms with Gasteiger partial charge in [-0.1, -0.05) is 37.3 Å². The summed E-state index contributed by atoms with van der Waals surface area (Å²) in [6, 6.07) is 22.5. The van der Waals surface area contributed by atoms with Crippen LogP contribution < -0.4 is 10.4 Å². The summed E-state index contributed by atoms with van der Waals surface area (Å²) in [6.07, 6.45) is 0. The predicted molar refractivity (Wildman–Crippen MR) is 141 cm³/mol. The van der Waals surface area contributed by atoms with Gasteiger partial charge in [-0.15, -0.1) is 0 Å². The molecule has 0 aliphatic heterocycles. The Balaban J connectivity index is 1.68. The molecule has 34 heavy (non-hydrogen) atoms. The zero-order chi connectivity index (χ0) is 23.8. The molecule has 0 radical (unpaired) electrons. The van der Waals surface area contributed by atoms with Crippen LogP contribution in [0.3, 0.4) is 0 Å². The van der Waals surface area contributed by atoms with Crippen LogP contribution in [0.2, 0.25) is 0 Å². The first-order valence-electron chi connectivity index (χ1n) is 10.8. The topological polar surface area (TPSA) is 95.9 Å². The van der Waals surface area contributed by atoms with Gasteiger partial charge in [0.2, 0.25) is 5.88 Å². The summed E-state index contributed by atoms with van der Waals surface area (Å²) < 4.78 is 7.69. The van der Waals surface area contributed by atoms with Gasteiger partial charge in [0.05, 0.1) is 18.1 Å². The Bertz CT molecular complexity index is 1500. The molecule has 2 atom stereocenters. The number of hydrogen-bond donors (Lipinski definition) is 3. The van der Waals surface area contributed by atoms with Gasteiger partial charge in [-0.2, -0.15) is 0 Å². The first kappa shape index (κ1) is 22.3. The maximum Gasteiger partial charge on any atom is 0.329 e. The van der Waals surface area contributed by atoms with Crippen molar-refractivity contribution in [2.24, 2.45) is 0 Å². The minimum atomic E-state index is -0.566. The number of aromatic hydroxyl groups is 1. The van der Waals surface area contributed by atoms with Crippen molar-refractivity contribution in [3.05, 3.63) is 98.2 Å². The number of benzene rings is 3. The third kappa shape index (κ3) is 3.98. The Kier molecular flexibility index (Phi) is 5.91. The van der Waals surface area contributed by atoms with E-state index < -0.39 is 11.7 Å². The van der Waals surface area contributed by atoms with Gasteiger partial charge in [0, 0.05) is 15.1 Å². The minimum Gasteiger partial charge on any atom is -0.497 e. The molecule has 0 fully saturated rings. The molecule has 0 aliphatic rings. The van der Waals surface area contributed by atoms with E-state index in [1.807, 2.05) is 55.5 Å². The number of H-pyrrole nitrogens is 2. The molecule has 0 spiro atoms. The molecular weight excluding hydrogens is 543 g/mol. The molecule has 2 heterocycles. The molecule has 0 amide bonds. The number of nitrogens with one attached hydrogen (secondary N) is 2. The quantitative estimate of drug-likeness (QED) is 0.239. The van der Waals surface area contributed by atoms with Gasteiger partial charge < -0.3 is 19.8 Å². The highest BCUT2D eigenvalue weighted by molar-refractivity contribution is 14.1. The number of aromatic nitrogens is 4. The summed E-state index contributed by atoms with van der Waals surface area (Å²) in [5.41, 5.74) is 3.33. The monoisotopic (exact) mass is 566 g/mol. The van der Waals surface area contributed by atoms with Gasteiger partial charge in [-0.05, 0) is 70.6 Å². The van der Waals surface area contributed by atoms with E-state index in [1.54, 1.807) is 31.4 Å². The van der Waals surface area contributed by atoms with Crippen molar-refractivity contribution in [3.63, 3.8) is 0 Å². The summed E-state index contributed by atoms with van der Waals surface area (Å²) in [4.78, 5) is 24.3. The summed E-state index contributed by atoms with van der Waals surface area (Å²) in [6.45, 7) is 2.03. The molecule has 172 valence electrons. The van der Waals surface area contributed by atoms with E-state index in [2.05, 4.69) is 32.6 Å². The molecule has 5 aromatic rings. The van der Waals surface area contributed by atoms with Crippen molar-refractivity contribution in [2.75, 3.05) is 7.11 Å². The molecular formula is C26H23IN4O3. The normalized spacial score (nSPS) is 13.1. The van der Waals surface area contributed by atoms with Gasteiger partial charge >= 0.3 is 5.69 Å². The Morgan fingerprint density at radius 2 is 1.76 bits per heavy atom. The second-order valence-electron chi connectivity index (χ2n) is 8.15. The lowest BCUT2D eigenvalue weighted by Crippen LogP contribution is -2.27. The third-order valence-corrected chi connectivity index (χ3v) is 6.77. The van der Waals surface area contributed by atoms with E-state index >= 15 is 0 Å². The lowest BCUT2D eigenvalue weighted by atomic mass is 9.92. The molecule has 8 heteroatoms. The van der Waals surface area contributed by atoms with Crippen LogP contribution in [0.25, 0.3) is 22.3 Å². The number of halogens is 1. The lowest BCUT2D eigenvalue weighted by molar-refractivity contribution is 0.370. The number of rotatable bonds is 6.